The number of hydrogen-bond acceptors (Lipinski definition) is 3. The molecular weight excluding hydrogens is 228 g/mol. The molecule has 2 unspecified atom stereocenters. The fraction of sp³-hybridized carbons (Fsp3) is 0.357. The van der Waals surface area contributed by atoms with E-state index in [0.29, 0.717) is 12.1 Å². The maximum absolute atomic E-state index is 4.76. The number of amidine groups is 1. The lowest BCUT2D eigenvalue weighted by Gasteiger charge is -2.32. The Labute approximate surface area is 106 Å². The minimum atomic E-state index is 0.445. The maximum Gasteiger partial charge on any atom is 0.169 e. The minimum Gasteiger partial charge on any atom is -0.317 e. The first-order valence-corrected chi connectivity index (χ1v) is 6.88. The zero-order valence-corrected chi connectivity index (χ0v) is 10.9. The maximum atomic E-state index is 4.76. The normalized spacial score (nSPS) is 34.7. The Morgan fingerprint density at radius 3 is 2.76 bits per heavy atom. The number of nitrogens with zero attached hydrogens (tertiary/aromatic N) is 2. The van der Waals surface area contributed by atoms with E-state index in [1.165, 1.54) is 10.6 Å². The van der Waals surface area contributed by atoms with Crippen molar-refractivity contribution in [3.8, 4) is 0 Å². The molecule has 2 aliphatic heterocycles. The molecule has 1 fully saturated rings. The van der Waals surface area contributed by atoms with Gasteiger partial charge in [-0.3, -0.25) is 4.99 Å². The van der Waals surface area contributed by atoms with Crippen molar-refractivity contribution in [3.63, 3.8) is 0 Å². The predicted molar refractivity (Wildman–Crippen MR) is 74.9 cm³/mol. The number of aliphatic imine (C=N–C) groups is 1. The van der Waals surface area contributed by atoms with Crippen molar-refractivity contribution in [3.05, 3.63) is 47.1 Å². The fourth-order valence-corrected chi connectivity index (χ4v) is 3.70. The van der Waals surface area contributed by atoms with Gasteiger partial charge in [-0.25, -0.2) is 0 Å². The molecule has 2 nitrogen and oxygen atoms in total. The van der Waals surface area contributed by atoms with Gasteiger partial charge in [-0.2, -0.15) is 0 Å². The summed E-state index contributed by atoms with van der Waals surface area (Å²) < 4.78 is 0. The highest BCUT2D eigenvalue weighted by atomic mass is 32.2. The lowest BCUT2D eigenvalue weighted by Crippen LogP contribution is -2.38. The average Bonchev–Trinajstić information content (AvgIpc) is 2.55. The van der Waals surface area contributed by atoms with Gasteiger partial charge in [0, 0.05) is 10.9 Å². The zero-order chi connectivity index (χ0) is 11.8. The van der Waals surface area contributed by atoms with E-state index in [1.54, 1.807) is 11.8 Å². The molecule has 0 spiro atoms. The van der Waals surface area contributed by atoms with Gasteiger partial charge in [0.25, 0.3) is 0 Å². The molecule has 2 heterocycles. The second-order valence-electron chi connectivity index (χ2n) is 4.67. The third-order valence-electron chi connectivity index (χ3n) is 3.21. The van der Waals surface area contributed by atoms with Crippen LogP contribution in [-0.4, -0.2) is 22.2 Å². The summed E-state index contributed by atoms with van der Waals surface area (Å²) >= 11 is 1.79. The van der Waals surface area contributed by atoms with Crippen LogP contribution in [-0.2, 0) is 0 Å². The van der Waals surface area contributed by atoms with Crippen LogP contribution >= 0.6 is 11.8 Å². The summed E-state index contributed by atoms with van der Waals surface area (Å²) in [5.41, 5.74) is 1.30. The molecule has 0 N–H and O–H groups in total. The second-order valence-corrected chi connectivity index (χ2v) is 5.68. The van der Waals surface area contributed by atoms with Crippen LogP contribution in [0.3, 0.4) is 0 Å². The predicted octanol–water partition coefficient (Wildman–Crippen LogP) is 3.47. The highest BCUT2D eigenvalue weighted by Gasteiger charge is 2.36. The fourth-order valence-electron chi connectivity index (χ4n) is 2.48. The van der Waals surface area contributed by atoms with Crippen LogP contribution in [0, 0.1) is 0 Å². The number of hydrogen-bond donors (Lipinski definition) is 0. The van der Waals surface area contributed by atoms with Crippen molar-refractivity contribution in [1.29, 1.82) is 0 Å². The Kier molecular flexibility index (Phi) is 2.71. The van der Waals surface area contributed by atoms with E-state index in [9.17, 15) is 0 Å². The van der Waals surface area contributed by atoms with Crippen LogP contribution in [0.1, 0.15) is 20.3 Å². The third kappa shape index (κ3) is 1.89. The number of thioether (sulfide) groups is 1. The first kappa shape index (κ1) is 10.9. The summed E-state index contributed by atoms with van der Waals surface area (Å²) in [6.45, 7) is 4.48. The van der Waals surface area contributed by atoms with Crippen LogP contribution in [0.5, 0.6) is 0 Å². The van der Waals surface area contributed by atoms with Gasteiger partial charge in [-0.1, -0.05) is 24.3 Å². The van der Waals surface area contributed by atoms with Gasteiger partial charge in [0.1, 0.15) is 0 Å². The zero-order valence-electron chi connectivity index (χ0n) is 10.1. The van der Waals surface area contributed by atoms with E-state index in [4.69, 9.17) is 4.99 Å². The van der Waals surface area contributed by atoms with Gasteiger partial charge >= 0.3 is 0 Å². The molecule has 2 atom stereocenters. The quantitative estimate of drug-likeness (QED) is 0.648. The first-order valence-electron chi connectivity index (χ1n) is 6.06. The molecule has 0 aromatic heterocycles. The first-order chi connectivity index (χ1) is 8.25. The van der Waals surface area contributed by atoms with E-state index in [2.05, 4.69) is 55.2 Å². The highest BCUT2D eigenvalue weighted by Crippen LogP contribution is 2.43. The molecule has 0 bridgehead atoms. The van der Waals surface area contributed by atoms with E-state index in [-0.39, 0.29) is 0 Å². The van der Waals surface area contributed by atoms with Crippen molar-refractivity contribution in [1.82, 2.24) is 4.90 Å². The Morgan fingerprint density at radius 1 is 1.18 bits per heavy atom. The van der Waals surface area contributed by atoms with Gasteiger partial charge in [0.05, 0.1) is 11.7 Å². The van der Waals surface area contributed by atoms with Crippen LogP contribution in [0.4, 0.5) is 0 Å². The summed E-state index contributed by atoms with van der Waals surface area (Å²) in [4.78, 5) is 8.44. The summed E-state index contributed by atoms with van der Waals surface area (Å²) in [6.07, 6.45) is 13.8. The average molecular weight is 244 g/mol. The molecule has 3 rings (SSSR count). The van der Waals surface area contributed by atoms with Gasteiger partial charge in [0.15, 0.2) is 5.17 Å². The van der Waals surface area contributed by atoms with Crippen LogP contribution in [0.15, 0.2) is 52.1 Å². The monoisotopic (exact) mass is 244 g/mol. The molecule has 3 heteroatoms. The molecule has 0 amide bonds. The smallest absolute Gasteiger partial charge is 0.169 e. The molecule has 1 aliphatic carbocycles. The van der Waals surface area contributed by atoms with Crippen LogP contribution < -0.4 is 0 Å². The summed E-state index contributed by atoms with van der Waals surface area (Å²) in [6, 6.07) is 0.986. The Morgan fingerprint density at radius 2 is 1.94 bits per heavy atom. The van der Waals surface area contributed by atoms with Crippen molar-refractivity contribution in [2.45, 2.75) is 32.4 Å². The SMILES string of the molecule is CC1CC(C)N2C3=C/C=C\C=C/C=C3SC2=N1. The number of rotatable bonds is 0. The Bertz CT molecular complexity index is 482. The molecule has 0 saturated carbocycles. The lowest BCUT2D eigenvalue weighted by molar-refractivity contribution is 0.350. The highest BCUT2D eigenvalue weighted by molar-refractivity contribution is 8.17. The molecule has 0 aromatic carbocycles. The second kappa shape index (κ2) is 4.22. The molecule has 1 saturated heterocycles. The van der Waals surface area contributed by atoms with Crippen molar-refractivity contribution in [2.75, 3.05) is 0 Å². The van der Waals surface area contributed by atoms with Crippen LogP contribution in [0.2, 0.25) is 0 Å². The van der Waals surface area contributed by atoms with E-state index in [1.807, 2.05) is 0 Å². The van der Waals surface area contributed by atoms with Crippen molar-refractivity contribution in [2.24, 2.45) is 4.99 Å². The van der Waals surface area contributed by atoms with E-state index < -0.39 is 0 Å². The van der Waals surface area contributed by atoms with Crippen LogP contribution in [0.25, 0.3) is 0 Å². The van der Waals surface area contributed by atoms with Gasteiger partial charge in [0.2, 0.25) is 0 Å². The van der Waals surface area contributed by atoms with Gasteiger partial charge in [-0.05, 0) is 44.2 Å². The standard InChI is InChI=1S/C14H16N2S/c1-10-9-11(2)16-12-7-5-3-4-6-8-13(12)17-14(16)15-10/h3-8,10-11H,9H2,1-2H3/b4-3?,5-3-,6-4-,7-5?,8-6?,12-7?,13-8?. The summed E-state index contributed by atoms with van der Waals surface area (Å²) in [7, 11) is 0. The molecule has 88 valence electrons. The van der Waals surface area contributed by atoms with Crippen molar-refractivity contribution >= 4 is 16.9 Å². The molecule has 3 aliphatic rings. The third-order valence-corrected chi connectivity index (χ3v) is 4.26. The number of allylic oxidation sites excluding steroid dienone is 6. The van der Waals surface area contributed by atoms with E-state index >= 15 is 0 Å². The molecule has 17 heavy (non-hydrogen) atoms. The Balaban J connectivity index is 2.06. The number of fused-ring (bicyclic) bond motifs is 3. The van der Waals surface area contributed by atoms with Gasteiger partial charge in [-0.15, -0.1) is 0 Å². The topological polar surface area (TPSA) is 15.6 Å². The Hall–Kier alpha value is -1.22. The largest absolute Gasteiger partial charge is 0.317 e. The molecular formula is C14H16N2S. The summed E-state index contributed by atoms with van der Waals surface area (Å²) in [5.74, 6) is 0. The minimum absolute atomic E-state index is 0.445. The summed E-state index contributed by atoms with van der Waals surface area (Å²) in [5, 5.41) is 1.16. The molecule has 0 radical (unpaired) electrons. The van der Waals surface area contributed by atoms with Crippen molar-refractivity contribution < 1.29 is 0 Å². The van der Waals surface area contributed by atoms with E-state index in [0.717, 1.165) is 11.6 Å². The van der Waals surface area contributed by atoms with Gasteiger partial charge < -0.3 is 4.90 Å². The molecule has 0 aromatic rings. The lowest BCUT2D eigenvalue weighted by atomic mass is 10.1.